The molecule has 0 atom stereocenters. The lowest BCUT2D eigenvalue weighted by Crippen LogP contribution is -2.39. The lowest BCUT2D eigenvalue weighted by molar-refractivity contribution is 0.0697. The van der Waals surface area contributed by atoms with E-state index >= 15 is 0 Å². The standard InChI is InChI=1S/C14H17ClN2O4/c1-21-5-4-17(12-2-3-12)14(20)16-11-7-9(13(18)19)6-10(15)8-11/h6-8,12H,2-5H2,1H3,(H,16,20)(H,18,19). The number of nitrogens with zero attached hydrogens (tertiary/aromatic N) is 1. The number of methoxy groups -OCH3 is 1. The summed E-state index contributed by atoms with van der Waals surface area (Å²) in [4.78, 5) is 24.9. The Hall–Kier alpha value is -1.79. The van der Waals surface area contributed by atoms with Gasteiger partial charge in [0.05, 0.1) is 12.2 Å². The number of hydrogen-bond donors (Lipinski definition) is 2. The summed E-state index contributed by atoms with van der Waals surface area (Å²) in [5, 5.41) is 11.9. The number of nitrogens with one attached hydrogen (secondary N) is 1. The topological polar surface area (TPSA) is 78.9 Å². The summed E-state index contributed by atoms with van der Waals surface area (Å²) < 4.78 is 5.00. The van der Waals surface area contributed by atoms with Gasteiger partial charge in [-0.3, -0.25) is 0 Å². The Morgan fingerprint density at radius 2 is 2.14 bits per heavy atom. The highest BCUT2D eigenvalue weighted by Crippen LogP contribution is 2.27. The van der Waals surface area contributed by atoms with Gasteiger partial charge < -0.3 is 20.1 Å². The van der Waals surface area contributed by atoms with Crippen LogP contribution in [0.15, 0.2) is 18.2 Å². The second-order valence-electron chi connectivity index (χ2n) is 4.88. The Morgan fingerprint density at radius 3 is 2.71 bits per heavy atom. The van der Waals surface area contributed by atoms with Crippen LogP contribution in [0.25, 0.3) is 0 Å². The van der Waals surface area contributed by atoms with E-state index in [0.29, 0.717) is 18.8 Å². The smallest absolute Gasteiger partial charge is 0.335 e. The van der Waals surface area contributed by atoms with Crippen LogP contribution in [0.3, 0.4) is 0 Å². The van der Waals surface area contributed by atoms with Crippen LogP contribution in [-0.2, 0) is 4.74 Å². The molecular formula is C14H17ClN2O4. The molecule has 0 radical (unpaired) electrons. The Labute approximate surface area is 127 Å². The van der Waals surface area contributed by atoms with Gasteiger partial charge in [-0.2, -0.15) is 0 Å². The van der Waals surface area contributed by atoms with Gasteiger partial charge >= 0.3 is 12.0 Å². The van der Waals surface area contributed by atoms with Gasteiger partial charge in [0.15, 0.2) is 0 Å². The van der Waals surface area contributed by atoms with Crippen molar-refractivity contribution >= 4 is 29.3 Å². The summed E-state index contributed by atoms with van der Waals surface area (Å²) in [7, 11) is 1.58. The number of carbonyl (C=O) groups excluding carboxylic acids is 1. The number of urea groups is 1. The summed E-state index contributed by atoms with van der Waals surface area (Å²) >= 11 is 5.87. The van der Waals surface area contributed by atoms with Crippen molar-refractivity contribution in [1.29, 1.82) is 0 Å². The van der Waals surface area contributed by atoms with Crippen LogP contribution in [0.2, 0.25) is 5.02 Å². The zero-order valence-electron chi connectivity index (χ0n) is 11.6. The number of carbonyl (C=O) groups is 2. The van der Waals surface area contributed by atoms with Gasteiger partial charge in [-0.25, -0.2) is 9.59 Å². The van der Waals surface area contributed by atoms with Gasteiger partial charge in [0, 0.05) is 30.4 Å². The fraction of sp³-hybridized carbons (Fsp3) is 0.429. The van der Waals surface area contributed by atoms with E-state index < -0.39 is 5.97 Å². The molecular weight excluding hydrogens is 296 g/mol. The van der Waals surface area contributed by atoms with Crippen LogP contribution >= 0.6 is 11.6 Å². The number of anilines is 1. The lowest BCUT2D eigenvalue weighted by Gasteiger charge is -2.22. The molecule has 21 heavy (non-hydrogen) atoms. The van der Waals surface area contributed by atoms with E-state index in [1.807, 2.05) is 0 Å². The van der Waals surface area contributed by atoms with Gasteiger partial charge in [0.2, 0.25) is 0 Å². The van der Waals surface area contributed by atoms with Crippen LogP contribution in [0.4, 0.5) is 10.5 Å². The molecule has 114 valence electrons. The third-order valence-corrected chi connectivity index (χ3v) is 3.40. The van der Waals surface area contributed by atoms with Crippen molar-refractivity contribution in [1.82, 2.24) is 4.90 Å². The average molecular weight is 313 g/mol. The number of halogens is 1. The number of amides is 2. The van der Waals surface area contributed by atoms with Gasteiger partial charge in [-0.05, 0) is 31.0 Å². The molecule has 0 saturated heterocycles. The molecule has 2 amide bonds. The number of hydrogen-bond acceptors (Lipinski definition) is 3. The van der Waals surface area contributed by atoms with Crippen molar-refractivity contribution in [3.8, 4) is 0 Å². The second kappa shape index (κ2) is 6.78. The van der Waals surface area contributed by atoms with Crippen molar-refractivity contribution in [3.63, 3.8) is 0 Å². The van der Waals surface area contributed by atoms with Gasteiger partial charge in [-0.15, -0.1) is 0 Å². The molecule has 0 heterocycles. The summed E-state index contributed by atoms with van der Waals surface area (Å²) in [6.07, 6.45) is 1.96. The van der Waals surface area contributed by atoms with Gasteiger partial charge in [0.1, 0.15) is 0 Å². The fourth-order valence-electron chi connectivity index (χ4n) is 2.01. The number of ether oxygens (including phenoxy) is 1. The molecule has 0 spiro atoms. The molecule has 1 aliphatic rings. The molecule has 0 aliphatic heterocycles. The van der Waals surface area contributed by atoms with Crippen molar-refractivity contribution in [2.75, 3.05) is 25.6 Å². The molecule has 1 aromatic carbocycles. The molecule has 1 aromatic rings. The van der Waals surface area contributed by atoms with Crippen LogP contribution in [0, 0.1) is 0 Å². The number of carboxylic acid groups (broad SMARTS) is 1. The predicted octanol–water partition coefficient (Wildman–Crippen LogP) is 2.68. The molecule has 0 bridgehead atoms. The maximum Gasteiger partial charge on any atom is 0.335 e. The zero-order valence-corrected chi connectivity index (χ0v) is 12.4. The summed E-state index contributed by atoms with van der Waals surface area (Å²) in [6, 6.07) is 4.20. The highest BCUT2D eigenvalue weighted by atomic mass is 35.5. The zero-order chi connectivity index (χ0) is 15.4. The average Bonchev–Trinajstić information content (AvgIpc) is 3.23. The summed E-state index contributed by atoms with van der Waals surface area (Å²) in [5.74, 6) is -1.09. The first-order valence-electron chi connectivity index (χ1n) is 6.61. The Morgan fingerprint density at radius 1 is 1.43 bits per heavy atom. The molecule has 7 heteroatoms. The van der Waals surface area contributed by atoms with Gasteiger partial charge in [0.25, 0.3) is 0 Å². The maximum absolute atomic E-state index is 12.3. The van der Waals surface area contributed by atoms with E-state index in [1.165, 1.54) is 18.2 Å². The van der Waals surface area contributed by atoms with E-state index in [1.54, 1.807) is 12.0 Å². The minimum atomic E-state index is -1.09. The Balaban J connectivity index is 2.08. The quantitative estimate of drug-likeness (QED) is 0.846. The van der Waals surface area contributed by atoms with Crippen molar-refractivity contribution < 1.29 is 19.4 Å². The normalized spacial score (nSPS) is 13.8. The number of rotatable bonds is 6. The van der Waals surface area contributed by atoms with Gasteiger partial charge in [-0.1, -0.05) is 11.6 Å². The maximum atomic E-state index is 12.3. The number of carboxylic acids is 1. The first-order valence-corrected chi connectivity index (χ1v) is 6.99. The fourth-order valence-corrected chi connectivity index (χ4v) is 2.24. The van der Waals surface area contributed by atoms with E-state index in [0.717, 1.165) is 12.8 Å². The summed E-state index contributed by atoms with van der Waals surface area (Å²) in [5.41, 5.74) is 0.403. The predicted molar refractivity (Wildman–Crippen MR) is 79.0 cm³/mol. The SMILES string of the molecule is COCCN(C(=O)Nc1cc(Cl)cc(C(=O)O)c1)C1CC1. The Bertz CT molecular complexity index is 546. The molecule has 2 rings (SSSR count). The first kappa shape index (κ1) is 15.6. The minimum Gasteiger partial charge on any atom is -0.478 e. The highest BCUT2D eigenvalue weighted by molar-refractivity contribution is 6.31. The number of aromatic carboxylic acids is 1. The monoisotopic (exact) mass is 312 g/mol. The third-order valence-electron chi connectivity index (χ3n) is 3.18. The molecule has 0 unspecified atom stereocenters. The first-order chi connectivity index (χ1) is 10.0. The largest absolute Gasteiger partial charge is 0.478 e. The van der Waals surface area contributed by atoms with Crippen molar-refractivity contribution in [2.24, 2.45) is 0 Å². The molecule has 1 fully saturated rings. The summed E-state index contributed by atoms with van der Waals surface area (Å²) in [6.45, 7) is 0.958. The Kier molecular flexibility index (Phi) is 5.03. The second-order valence-corrected chi connectivity index (χ2v) is 5.32. The molecule has 1 saturated carbocycles. The molecule has 1 aliphatic carbocycles. The van der Waals surface area contributed by atoms with Crippen LogP contribution in [0.1, 0.15) is 23.2 Å². The van der Waals surface area contributed by atoms with E-state index in [-0.39, 0.29) is 22.7 Å². The molecule has 6 nitrogen and oxygen atoms in total. The van der Waals surface area contributed by atoms with Crippen molar-refractivity contribution in [3.05, 3.63) is 28.8 Å². The lowest BCUT2D eigenvalue weighted by atomic mass is 10.2. The van der Waals surface area contributed by atoms with Crippen molar-refractivity contribution in [2.45, 2.75) is 18.9 Å². The minimum absolute atomic E-state index is 0.0349. The highest BCUT2D eigenvalue weighted by Gasteiger charge is 2.32. The van der Waals surface area contributed by atoms with E-state index in [2.05, 4.69) is 5.32 Å². The third kappa shape index (κ3) is 4.34. The van der Waals surface area contributed by atoms with Crippen LogP contribution in [-0.4, -0.2) is 48.3 Å². The van der Waals surface area contributed by atoms with Crippen LogP contribution < -0.4 is 5.32 Å². The molecule has 0 aromatic heterocycles. The number of benzene rings is 1. The molecule has 2 N–H and O–H groups in total. The van der Waals surface area contributed by atoms with E-state index in [4.69, 9.17) is 21.4 Å². The van der Waals surface area contributed by atoms with Crippen LogP contribution in [0.5, 0.6) is 0 Å². The van der Waals surface area contributed by atoms with E-state index in [9.17, 15) is 9.59 Å².